The first-order valence-corrected chi connectivity index (χ1v) is 4.25. The SMILES string of the molecule is [CH2]C1CCCC(CCl)C1. The lowest BCUT2D eigenvalue weighted by Gasteiger charge is -2.24. The summed E-state index contributed by atoms with van der Waals surface area (Å²) in [6.45, 7) is 4.04. The average Bonchev–Trinajstić information content (AvgIpc) is 1.88. The molecule has 2 atom stereocenters. The van der Waals surface area contributed by atoms with Crippen molar-refractivity contribution in [2.75, 3.05) is 5.88 Å². The van der Waals surface area contributed by atoms with Gasteiger partial charge in [-0.25, -0.2) is 0 Å². The minimum Gasteiger partial charge on any atom is -0.126 e. The van der Waals surface area contributed by atoms with Gasteiger partial charge in [-0.2, -0.15) is 0 Å². The lowest BCUT2D eigenvalue weighted by molar-refractivity contribution is 0.326. The highest BCUT2D eigenvalue weighted by atomic mass is 35.5. The molecule has 1 aliphatic rings. The number of hydrogen-bond donors (Lipinski definition) is 0. The second kappa shape index (κ2) is 3.46. The van der Waals surface area contributed by atoms with Crippen LogP contribution in [-0.2, 0) is 0 Å². The maximum atomic E-state index is 5.72. The Morgan fingerprint density at radius 1 is 1.44 bits per heavy atom. The third kappa shape index (κ3) is 2.17. The van der Waals surface area contributed by atoms with E-state index in [1.165, 1.54) is 25.7 Å². The molecule has 0 heterocycles. The molecule has 0 saturated heterocycles. The molecular formula is C8H14Cl. The molecule has 1 heteroatoms. The molecule has 2 unspecified atom stereocenters. The van der Waals surface area contributed by atoms with Crippen molar-refractivity contribution in [1.29, 1.82) is 0 Å². The Hall–Kier alpha value is 0.290. The molecule has 1 rings (SSSR count). The molecule has 0 aromatic heterocycles. The highest BCUT2D eigenvalue weighted by molar-refractivity contribution is 6.18. The molecular weight excluding hydrogens is 132 g/mol. The van der Waals surface area contributed by atoms with Gasteiger partial charge in [-0.3, -0.25) is 0 Å². The molecule has 0 aromatic carbocycles. The second-order valence-electron chi connectivity index (χ2n) is 3.05. The Bertz CT molecular complexity index is 80.6. The lowest BCUT2D eigenvalue weighted by Crippen LogP contribution is -2.14. The lowest BCUT2D eigenvalue weighted by atomic mass is 9.84. The van der Waals surface area contributed by atoms with Crippen molar-refractivity contribution in [2.45, 2.75) is 25.7 Å². The number of hydrogen-bond acceptors (Lipinski definition) is 0. The van der Waals surface area contributed by atoms with Crippen LogP contribution in [0.4, 0.5) is 0 Å². The molecule has 0 N–H and O–H groups in total. The van der Waals surface area contributed by atoms with Gasteiger partial charge in [-0.15, -0.1) is 11.6 Å². The minimum absolute atomic E-state index is 0.683. The van der Waals surface area contributed by atoms with E-state index in [4.69, 9.17) is 11.6 Å². The van der Waals surface area contributed by atoms with Crippen LogP contribution < -0.4 is 0 Å². The molecule has 1 radical (unpaired) electrons. The van der Waals surface area contributed by atoms with Crippen molar-refractivity contribution in [2.24, 2.45) is 11.8 Å². The van der Waals surface area contributed by atoms with Crippen LogP contribution in [0.1, 0.15) is 25.7 Å². The van der Waals surface area contributed by atoms with Gasteiger partial charge in [0.2, 0.25) is 0 Å². The van der Waals surface area contributed by atoms with E-state index in [0.29, 0.717) is 5.92 Å². The van der Waals surface area contributed by atoms with E-state index in [2.05, 4.69) is 6.92 Å². The van der Waals surface area contributed by atoms with Gasteiger partial charge in [-0.05, 0) is 24.7 Å². The van der Waals surface area contributed by atoms with Crippen LogP contribution >= 0.6 is 11.6 Å². The first-order valence-electron chi connectivity index (χ1n) is 3.72. The summed E-state index contributed by atoms with van der Waals surface area (Å²) in [7, 11) is 0. The number of alkyl halides is 1. The Morgan fingerprint density at radius 2 is 2.22 bits per heavy atom. The van der Waals surface area contributed by atoms with Crippen LogP contribution in [-0.4, -0.2) is 5.88 Å². The van der Waals surface area contributed by atoms with Crippen LogP contribution in [0.3, 0.4) is 0 Å². The molecule has 0 aromatic rings. The van der Waals surface area contributed by atoms with Crippen molar-refractivity contribution in [3.8, 4) is 0 Å². The topological polar surface area (TPSA) is 0 Å². The number of halogens is 1. The van der Waals surface area contributed by atoms with Crippen molar-refractivity contribution >= 4 is 11.6 Å². The summed E-state index contributed by atoms with van der Waals surface area (Å²) in [4.78, 5) is 0. The standard InChI is InChI=1S/C8H14Cl/c1-7-3-2-4-8(5-7)6-9/h7-8H,1-6H2. The van der Waals surface area contributed by atoms with Crippen LogP contribution in [0.5, 0.6) is 0 Å². The second-order valence-corrected chi connectivity index (χ2v) is 3.36. The van der Waals surface area contributed by atoms with Crippen molar-refractivity contribution < 1.29 is 0 Å². The fourth-order valence-electron chi connectivity index (χ4n) is 1.54. The fraction of sp³-hybridized carbons (Fsp3) is 0.875. The van der Waals surface area contributed by atoms with Crippen LogP contribution in [0.2, 0.25) is 0 Å². The third-order valence-corrected chi connectivity index (χ3v) is 2.55. The predicted molar refractivity (Wildman–Crippen MR) is 41.5 cm³/mol. The summed E-state index contributed by atoms with van der Waals surface area (Å²) in [6, 6.07) is 0. The van der Waals surface area contributed by atoms with Crippen LogP contribution in [0.15, 0.2) is 0 Å². The first-order chi connectivity index (χ1) is 4.33. The van der Waals surface area contributed by atoms with Gasteiger partial charge in [0, 0.05) is 5.88 Å². The quantitative estimate of drug-likeness (QED) is 0.498. The van der Waals surface area contributed by atoms with Gasteiger partial charge in [-0.1, -0.05) is 19.8 Å². The Balaban J connectivity index is 2.23. The van der Waals surface area contributed by atoms with Gasteiger partial charge < -0.3 is 0 Å². The monoisotopic (exact) mass is 145 g/mol. The Labute approximate surface area is 62.6 Å². The molecule has 0 bridgehead atoms. The zero-order valence-corrected chi connectivity index (χ0v) is 6.53. The van der Waals surface area contributed by atoms with E-state index in [1.54, 1.807) is 0 Å². The summed E-state index contributed by atoms with van der Waals surface area (Å²) in [6.07, 6.45) is 5.23. The summed E-state index contributed by atoms with van der Waals surface area (Å²) in [5.41, 5.74) is 0. The van der Waals surface area contributed by atoms with E-state index in [-0.39, 0.29) is 0 Å². The van der Waals surface area contributed by atoms with Crippen LogP contribution in [0, 0.1) is 18.8 Å². The van der Waals surface area contributed by atoms with Crippen molar-refractivity contribution in [3.63, 3.8) is 0 Å². The normalized spacial score (nSPS) is 36.7. The molecule has 9 heavy (non-hydrogen) atoms. The molecule has 1 aliphatic carbocycles. The zero-order valence-electron chi connectivity index (χ0n) is 5.78. The van der Waals surface area contributed by atoms with Crippen LogP contribution in [0.25, 0.3) is 0 Å². The van der Waals surface area contributed by atoms with E-state index < -0.39 is 0 Å². The summed E-state index contributed by atoms with van der Waals surface area (Å²) in [5, 5.41) is 0. The van der Waals surface area contributed by atoms with Gasteiger partial charge in [0.15, 0.2) is 0 Å². The largest absolute Gasteiger partial charge is 0.126 e. The third-order valence-electron chi connectivity index (χ3n) is 2.11. The highest BCUT2D eigenvalue weighted by Crippen LogP contribution is 2.28. The molecule has 1 saturated carbocycles. The molecule has 1 fully saturated rings. The predicted octanol–water partition coefficient (Wildman–Crippen LogP) is 2.87. The fourth-order valence-corrected chi connectivity index (χ4v) is 1.82. The van der Waals surface area contributed by atoms with Crippen molar-refractivity contribution in [3.05, 3.63) is 6.92 Å². The van der Waals surface area contributed by atoms with E-state index >= 15 is 0 Å². The molecule has 0 nitrogen and oxygen atoms in total. The Morgan fingerprint density at radius 3 is 2.67 bits per heavy atom. The maximum absolute atomic E-state index is 5.72. The molecule has 0 aliphatic heterocycles. The molecule has 0 amide bonds. The Kier molecular flexibility index (Phi) is 2.84. The smallest absolute Gasteiger partial charge is 0.0251 e. The van der Waals surface area contributed by atoms with E-state index in [1.807, 2.05) is 0 Å². The minimum atomic E-state index is 0.683. The van der Waals surface area contributed by atoms with Gasteiger partial charge in [0.05, 0.1) is 0 Å². The highest BCUT2D eigenvalue weighted by Gasteiger charge is 2.17. The van der Waals surface area contributed by atoms with Crippen molar-refractivity contribution in [1.82, 2.24) is 0 Å². The summed E-state index contributed by atoms with van der Waals surface area (Å²) >= 11 is 5.72. The zero-order chi connectivity index (χ0) is 6.69. The summed E-state index contributed by atoms with van der Waals surface area (Å²) < 4.78 is 0. The van der Waals surface area contributed by atoms with E-state index in [9.17, 15) is 0 Å². The molecule has 53 valence electrons. The van der Waals surface area contributed by atoms with E-state index in [0.717, 1.165) is 11.8 Å². The van der Waals surface area contributed by atoms with Gasteiger partial charge in [0.1, 0.15) is 0 Å². The summed E-state index contributed by atoms with van der Waals surface area (Å²) in [5.74, 6) is 2.29. The van der Waals surface area contributed by atoms with Gasteiger partial charge in [0.25, 0.3) is 0 Å². The maximum Gasteiger partial charge on any atom is 0.0251 e. The number of rotatable bonds is 1. The first kappa shape index (κ1) is 7.40. The molecule has 0 spiro atoms. The average molecular weight is 146 g/mol. The van der Waals surface area contributed by atoms with Gasteiger partial charge >= 0.3 is 0 Å².